The SMILES string of the molecule is O=C(N/N=C/c1ccc(Cl)c(Cl)c1)C(=O)Nc1ccccc1F. The number of anilines is 1. The molecule has 0 aliphatic rings. The largest absolute Gasteiger partial charge is 0.329 e. The van der Waals surface area contributed by atoms with E-state index < -0.39 is 17.6 Å². The van der Waals surface area contributed by atoms with Crippen LogP contribution in [0.15, 0.2) is 47.6 Å². The predicted octanol–water partition coefficient (Wildman–Crippen LogP) is 3.22. The van der Waals surface area contributed by atoms with Gasteiger partial charge in [-0.3, -0.25) is 9.59 Å². The fraction of sp³-hybridized carbons (Fsp3) is 0. The van der Waals surface area contributed by atoms with E-state index in [1.165, 1.54) is 24.4 Å². The summed E-state index contributed by atoms with van der Waals surface area (Å²) in [6, 6.07) is 10.2. The van der Waals surface area contributed by atoms with Crippen LogP contribution in [0.1, 0.15) is 5.56 Å². The summed E-state index contributed by atoms with van der Waals surface area (Å²) in [6.07, 6.45) is 1.29. The molecule has 0 aliphatic heterocycles. The van der Waals surface area contributed by atoms with E-state index in [1.54, 1.807) is 18.2 Å². The summed E-state index contributed by atoms with van der Waals surface area (Å²) in [5.74, 6) is -2.72. The third-order valence-corrected chi connectivity index (χ3v) is 3.39. The lowest BCUT2D eigenvalue weighted by Crippen LogP contribution is -2.32. The Bertz CT molecular complexity index is 781. The highest BCUT2D eigenvalue weighted by molar-refractivity contribution is 6.42. The average Bonchev–Trinajstić information content (AvgIpc) is 2.53. The number of carbonyl (C=O) groups excluding carboxylic acids is 2. The van der Waals surface area contributed by atoms with Crippen LogP contribution in [0.4, 0.5) is 10.1 Å². The Kier molecular flexibility index (Phi) is 5.67. The van der Waals surface area contributed by atoms with Gasteiger partial charge in [0.25, 0.3) is 0 Å². The Morgan fingerprint density at radius 1 is 1.04 bits per heavy atom. The number of nitrogens with zero attached hydrogens (tertiary/aromatic N) is 1. The Morgan fingerprint density at radius 3 is 2.48 bits per heavy atom. The number of para-hydroxylation sites is 1. The number of halogens is 3. The van der Waals surface area contributed by atoms with Crippen LogP contribution in [-0.2, 0) is 9.59 Å². The first-order valence-electron chi connectivity index (χ1n) is 6.31. The van der Waals surface area contributed by atoms with Gasteiger partial charge in [-0.05, 0) is 29.8 Å². The number of benzene rings is 2. The van der Waals surface area contributed by atoms with E-state index in [2.05, 4.69) is 10.4 Å². The van der Waals surface area contributed by atoms with E-state index in [4.69, 9.17) is 23.2 Å². The molecule has 0 atom stereocenters. The maximum absolute atomic E-state index is 13.4. The van der Waals surface area contributed by atoms with Crippen molar-refractivity contribution in [1.29, 1.82) is 0 Å². The second-order valence-corrected chi connectivity index (χ2v) is 5.12. The summed E-state index contributed by atoms with van der Waals surface area (Å²) < 4.78 is 13.4. The van der Waals surface area contributed by atoms with Crippen LogP contribution in [0.5, 0.6) is 0 Å². The van der Waals surface area contributed by atoms with E-state index in [0.29, 0.717) is 15.6 Å². The van der Waals surface area contributed by atoms with E-state index >= 15 is 0 Å². The van der Waals surface area contributed by atoms with Crippen molar-refractivity contribution in [2.45, 2.75) is 0 Å². The molecule has 0 fully saturated rings. The quantitative estimate of drug-likeness (QED) is 0.505. The van der Waals surface area contributed by atoms with Crippen molar-refractivity contribution < 1.29 is 14.0 Å². The van der Waals surface area contributed by atoms with Crippen molar-refractivity contribution in [3.63, 3.8) is 0 Å². The van der Waals surface area contributed by atoms with Gasteiger partial charge in [-0.15, -0.1) is 0 Å². The van der Waals surface area contributed by atoms with Crippen molar-refractivity contribution in [1.82, 2.24) is 5.43 Å². The summed E-state index contributed by atoms with van der Waals surface area (Å²) in [7, 11) is 0. The molecule has 2 N–H and O–H groups in total. The van der Waals surface area contributed by atoms with Gasteiger partial charge in [0.1, 0.15) is 5.82 Å². The van der Waals surface area contributed by atoms with Gasteiger partial charge in [0, 0.05) is 0 Å². The second-order valence-electron chi connectivity index (χ2n) is 4.31. The van der Waals surface area contributed by atoms with E-state index in [9.17, 15) is 14.0 Å². The zero-order valence-corrected chi connectivity index (χ0v) is 13.0. The molecule has 0 heterocycles. The molecule has 2 aromatic carbocycles. The fourth-order valence-corrected chi connectivity index (χ4v) is 1.86. The van der Waals surface area contributed by atoms with Crippen LogP contribution in [0.25, 0.3) is 0 Å². The summed E-state index contributed by atoms with van der Waals surface area (Å²) >= 11 is 11.6. The van der Waals surface area contributed by atoms with Crippen LogP contribution in [0.3, 0.4) is 0 Å². The molecule has 0 aliphatic carbocycles. The minimum Gasteiger partial charge on any atom is -0.315 e. The van der Waals surface area contributed by atoms with Crippen molar-refractivity contribution in [2.24, 2.45) is 5.10 Å². The number of hydrogen-bond donors (Lipinski definition) is 2. The topological polar surface area (TPSA) is 70.6 Å². The van der Waals surface area contributed by atoms with Crippen molar-refractivity contribution in [3.05, 3.63) is 63.9 Å². The van der Waals surface area contributed by atoms with Gasteiger partial charge >= 0.3 is 11.8 Å². The summed E-state index contributed by atoms with van der Waals surface area (Å²) in [5.41, 5.74) is 2.51. The number of hydrazone groups is 1. The summed E-state index contributed by atoms with van der Waals surface area (Å²) in [5, 5.41) is 6.47. The standard InChI is InChI=1S/C15H10Cl2FN3O2/c16-10-6-5-9(7-11(10)17)8-19-21-15(23)14(22)20-13-4-2-1-3-12(13)18/h1-8H,(H,20,22)(H,21,23)/b19-8+. The lowest BCUT2D eigenvalue weighted by Gasteiger charge is -2.04. The van der Waals surface area contributed by atoms with Gasteiger partial charge < -0.3 is 5.32 Å². The molecule has 2 rings (SSSR count). The lowest BCUT2D eigenvalue weighted by atomic mass is 10.2. The molecule has 0 unspecified atom stereocenters. The van der Waals surface area contributed by atoms with Gasteiger partial charge in [-0.2, -0.15) is 5.10 Å². The predicted molar refractivity (Wildman–Crippen MR) is 87.2 cm³/mol. The first-order chi connectivity index (χ1) is 11.0. The van der Waals surface area contributed by atoms with Crippen molar-refractivity contribution in [3.8, 4) is 0 Å². The maximum Gasteiger partial charge on any atom is 0.329 e. The molecule has 0 radical (unpaired) electrons. The van der Waals surface area contributed by atoms with Gasteiger partial charge in [0.2, 0.25) is 0 Å². The van der Waals surface area contributed by atoms with E-state index in [0.717, 1.165) is 6.07 Å². The maximum atomic E-state index is 13.4. The Labute approximate surface area is 141 Å². The third-order valence-electron chi connectivity index (χ3n) is 2.65. The van der Waals surface area contributed by atoms with Gasteiger partial charge in [0.15, 0.2) is 0 Å². The van der Waals surface area contributed by atoms with E-state index in [1.807, 2.05) is 5.43 Å². The number of rotatable bonds is 3. The van der Waals surface area contributed by atoms with Crippen LogP contribution >= 0.6 is 23.2 Å². The molecular weight excluding hydrogens is 344 g/mol. The molecule has 23 heavy (non-hydrogen) atoms. The summed E-state index contributed by atoms with van der Waals surface area (Å²) in [4.78, 5) is 23.2. The first-order valence-corrected chi connectivity index (χ1v) is 7.07. The summed E-state index contributed by atoms with van der Waals surface area (Å²) in [6.45, 7) is 0. The molecule has 0 saturated carbocycles. The highest BCUT2D eigenvalue weighted by Gasteiger charge is 2.14. The minimum absolute atomic E-state index is 0.0962. The Balaban J connectivity index is 1.93. The molecule has 2 amide bonds. The minimum atomic E-state index is -1.04. The van der Waals surface area contributed by atoms with Crippen molar-refractivity contribution >= 4 is 46.9 Å². The molecule has 8 heteroatoms. The second kappa shape index (κ2) is 7.71. The Hall–Kier alpha value is -2.44. The lowest BCUT2D eigenvalue weighted by molar-refractivity contribution is -0.136. The molecule has 0 saturated heterocycles. The van der Waals surface area contributed by atoms with Gasteiger partial charge in [-0.1, -0.05) is 41.4 Å². The molecule has 0 aromatic heterocycles. The smallest absolute Gasteiger partial charge is 0.315 e. The molecule has 2 aromatic rings. The van der Waals surface area contributed by atoms with E-state index in [-0.39, 0.29) is 5.69 Å². The monoisotopic (exact) mass is 353 g/mol. The highest BCUT2D eigenvalue weighted by atomic mass is 35.5. The van der Waals surface area contributed by atoms with Crippen LogP contribution in [-0.4, -0.2) is 18.0 Å². The third kappa shape index (κ3) is 4.77. The average molecular weight is 354 g/mol. The zero-order valence-electron chi connectivity index (χ0n) is 11.5. The zero-order chi connectivity index (χ0) is 16.8. The van der Waals surface area contributed by atoms with Crippen molar-refractivity contribution in [2.75, 3.05) is 5.32 Å². The first kappa shape index (κ1) is 16.9. The number of amides is 2. The highest BCUT2D eigenvalue weighted by Crippen LogP contribution is 2.21. The molecule has 0 bridgehead atoms. The Morgan fingerprint density at radius 2 is 1.78 bits per heavy atom. The normalized spacial score (nSPS) is 10.6. The van der Waals surface area contributed by atoms with Gasteiger partial charge in [0.05, 0.1) is 21.9 Å². The number of nitrogens with one attached hydrogen (secondary N) is 2. The van der Waals surface area contributed by atoms with Gasteiger partial charge in [-0.25, -0.2) is 9.82 Å². The van der Waals surface area contributed by atoms with Crippen LogP contribution < -0.4 is 10.7 Å². The molecular formula is C15H10Cl2FN3O2. The van der Waals surface area contributed by atoms with Crippen LogP contribution in [0.2, 0.25) is 10.0 Å². The molecule has 0 spiro atoms. The number of carbonyl (C=O) groups is 2. The number of hydrogen-bond acceptors (Lipinski definition) is 3. The molecule has 118 valence electrons. The molecule has 5 nitrogen and oxygen atoms in total. The van der Waals surface area contributed by atoms with Crippen LogP contribution in [0, 0.1) is 5.82 Å². The fourth-order valence-electron chi connectivity index (χ4n) is 1.55.